The van der Waals surface area contributed by atoms with Crippen LogP contribution in [0.1, 0.15) is 41.7 Å². The molecule has 0 radical (unpaired) electrons. The summed E-state index contributed by atoms with van der Waals surface area (Å²) in [5, 5.41) is 0. The average Bonchev–Trinajstić information content (AvgIpc) is 2.87. The summed E-state index contributed by atoms with van der Waals surface area (Å²) in [7, 11) is 0. The summed E-state index contributed by atoms with van der Waals surface area (Å²) in [6.07, 6.45) is 2.14. The van der Waals surface area contributed by atoms with Gasteiger partial charge in [0.1, 0.15) is 5.82 Å². The lowest BCUT2D eigenvalue weighted by Crippen LogP contribution is -2.32. The van der Waals surface area contributed by atoms with Gasteiger partial charge in [0.2, 0.25) is 0 Å². The van der Waals surface area contributed by atoms with Crippen LogP contribution in [-0.4, -0.2) is 24.5 Å². The van der Waals surface area contributed by atoms with Gasteiger partial charge in [-0.3, -0.25) is 0 Å². The first-order valence-electron chi connectivity index (χ1n) is 8.17. The summed E-state index contributed by atoms with van der Waals surface area (Å²) in [5.41, 5.74) is 3.20. The van der Waals surface area contributed by atoms with Gasteiger partial charge >= 0.3 is 0 Å². The molecule has 0 N–H and O–H groups in total. The molecule has 1 saturated heterocycles. The average molecular weight is 317 g/mol. The van der Waals surface area contributed by atoms with Crippen LogP contribution in [0.15, 0.2) is 24.3 Å². The molecular weight excluding hydrogens is 293 g/mol. The van der Waals surface area contributed by atoms with Crippen LogP contribution in [0.5, 0.6) is 0 Å². The number of rotatable bonds is 3. The highest BCUT2D eigenvalue weighted by Gasteiger charge is 2.22. The van der Waals surface area contributed by atoms with Crippen molar-refractivity contribution in [1.82, 2.24) is 4.90 Å². The zero-order valence-corrected chi connectivity index (χ0v) is 14.5. The van der Waals surface area contributed by atoms with E-state index in [1.54, 1.807) is 17.4 Å². The highest BCUT2D eigenvalue weighted by atomic mass is 32.1. The summed E-state index contributed by atoms with van der Waals surface area (Å²) in [5.74, 6) is 0.347. The fourth-order valence-corrected chi connectivity index (χ4v) is 4.32. The van der Waals surface area contributed by atoms with Crippen LogP contribution in [-0.2, 0) is 0 Å². The molecule has 0 bridgehead atoms. The molecule has 1 fully saturated rings. The second kappa shape index (κ2) is 6.51. The minimum absolute atomic E-state index is 0.0313. The minimum Gasteiger partial charge on any atom is -0.304 e. The Morgan fingerprint density at radius 3 is 2.45 bits per heavy atom. The smallest absolute Gasteiger partial charge is 0.127 e. The summed E-state index contributed by atoms with van der Waals surface area (Å²) in [4.78, 5) is 4.92. The molecule has 3 rings (SSSR count). The molecule has 1 aliphatic heterocycles. The van der Waals surface area contributed by atoms with E-state index in [-0.39, 0.29) is 5.82 Å². The maximum Gasteiger partial charge on any atom is 0.127 e. The SMILES string of the molecule is CCN1CCC(c2ccc(-c3cc(C)c(C)s3)cc2F)CC1. The van der Waals surface area contributed by atoms with E-state index in [9.17, 15) is 4.39 Å². The zero-order chi connectivity index (χ0) is 15.7. The van der Waals surface area contributed by atoms with Crippen LogP contribution < -0.4 is 0 Å². The van der Waals surface area contributed by atoms with Crippen molar-refractivity contribution < 1.29 is 4.39 Å². The molecule has 1 aromatic heterocycles. The van der Waals surface area contributed by atoms with E-state index >= 15 is 0 Å². The molecule has 22 heavy (non-hydrogen) atoms. The van der Waals surface area contributed by atoms with Crippen molar-refractivity contribution in [3.63, 3.8) is 0 Å². The molecule has 1 aromatic carbocycles. The lowest BCUT2D eigenvalue weighted by Gasteiger charge is -2.31. The molecule has 118 valence electrons. The van der Waals surface area contributed by atoms with Gasteiger partial charge in [-0.05, 0) is 81.1 Å². The Labute approximate surface area is 136 Å². The molecule has 1 aliphatic rings. The number of piperidine rings is 1. The van der Waals surface area contributed by atoms with Crippen molar-refractivity contribution in [3.05, 3.63) is 46.1 Å². The number of nitrogens with zero attached hydrogens (tertiary/aromatic N) is 1. The van der Waals surface area contributed by atoms with E-state index < -0.39 is 0 Å². The van der Waals surface area contributed by atoms with Gasteiger partial charge in [0.15, 0.2) is 0 Å². The molecule has 3 heteroatoms. The third-order valence-electron chi connectivity index (χ3n) is 4.93. The molecule has 0 spiro atoms. The van der Waals surface area contributed by atoms with E-state index in [0.717, 1.165) is 43.6 Å². The summed E-state index contributed by atoms with van der Waals surface area (Å²) < 4.78 is 14.6. The summed E-state index contributed by atoms with van der Waals surface area (Å²) >= 11 is 1.75. The predicted molar refractivity (Wildman–Crippen MR) is 93.3 cm³/mol. The third-order valence-corrected chi connectivity index (χ3v) is 6.13. The number of likely N-dealkylation sites (tertiary alicyclic amines) is 1. The molecule has 0 unspecified atom stereocenters. The molecule has 1 nitrogen and oxygen atoms in total. The second-order valence-electron chi connectivity index (χ2n) is 6.29. The summed E-state index contributed by atoms with van der Waals surface area (Å²) in [6, 6.07) is 8.00. The standard InChI is InChI=1S/C19H24FNS/c1-4-21-9-7-15(8-10-21)17-6-5-16(12-18(17)20)19-11-13(2)14(3)22-19/h5-6,11-12,15H,4,7-10H2,1-3H3. The topological polar surface area (TPSA) is 3.24 Å². The third kappa shape index (κ3) is 3.11. The van der Waals surface area contributed by atoms with Crippen molar-refractivity contribution in [2.75, 3.05) is 19.6 Å². The number of thiophene rings is 1. The normalized spacial score (nSPS) is 17.1. The van der Waals surface area contributed by atoms with Crippen molar-refractivity contribution in [1.29, 1.82) is 0 Å². The first-order chi connectivity index (χ1) is 10.6. The van der Waals surface area contributed by atoms with Gasteiger partial charge in [-0.1, -0.05) is 19.1 Å². The highest BCUT2D eigenvalue weighted by molar-refractivity contribution is 7.15. The van der Waals surface area contributed by atoms with Crippen molar-refractivity contribution in [2.24, 2.45) is 0 Å². The van der Waals surface area contributed by atoms with Crippen LogP contribution in [0.2, 0.25) is 0 Å². The predicted octanol–water partition coefficient (Wildman–Crippen LogP) is 5.37. The highest BCUT2D eigenvalue weighted by Crippen LogP contribution is 2.35. The Kier molecular flexibility index (Phi) is 4.65. The first-order valence-corrected chi connectivity index (χ1v) is 8.99. The lowest BCUT2D eigenvalue weighted by molar-refractivity contribution is 0.220. The van der Waals surface area contributed by atoms with Gasteiger partial charge in [0, 0.05) is 9.75 Å². The summed E-state index contributed by atoms with van der Waals surface area (Å²) in [6.45, 7) is 9.71. The maximum atomic E-state index is 14.6. The molecule has 0 amide bonds. The lowest BCUT2D eigenvalue weighted by atomic mass is 9.88. The molecule has 2 aromatic rings. The van der Waals surface area contributed by atoms with Crippen LogP contribution in [0.3, 0.4) is 0 Å². The van der Waals surface area contributed by atoms with Crippen LogP contribution in [0.4, 0.5) is 4.39 Å². The Morgan fingerprint density at radius 1 is 1.18 bits per heavy atom. The van der Waals surface area contributed by atoms with E-state index in [4.69, 9.17) is 0 Å². The largest absolute Gasteiger partial charge is 0.304 e. The second-order valence-corrected chi connectivity index (χ2v) is 7.55. The van der Waals surface area contributed by atoms with Crippen molar-refractivity contribution in [2.45, 2.75) is 39.5 Å². The Hall–Kier alpha value is -1.19. The van der Waals surface area contributed by atoms with Crippen LogP contribution in [0.25, 0.3) is 10.4 Å². The van der Waals surface area contributed by atoms with Crippen LogP contribution in [0, 0.1) is 19.7 Å². The molecular formula is C19H24FNS. The van der Waals surface area contributed by atoms with E-state index in [1.165, 1.54) is 15.3 Å². The zero-order valence-electron chi connectivity index (χ0n) is 13.7. The monoisotopic (exact) mass is 317 g/mol. The molecule has 2 heterocycles. The minimum atomic E-state index is -0.0313. The van der Waals surface area contributed by atoms with Gasteiger partial charge in [0.25, 0.3) is 0 Å². The Morgan fingerprint density at radius 2 is 1.91 bits per heavy atom. The number of halogens is 1. The van der Waals surface area contributed by atoms with Crippen molar-refractivity contribution >= 4 is 11.3 Å². The van der Waals surface area contributed by atoms with E-state index in [1.807, 2.05) is 6.07 Å². The van der Waals surface area contributed by atoms with Gasteiger partial charge < -0.3 is 4.90 Å². The van der Waals surface area contributed by atoms with Gasteiger partial charge in [0.05, 0.1) is 0 Å². The van der Waals surface area contributed by atoms with Gasteiger partial charge in [-0.25, -0.2) is 4.39 Å². The molecule has 0 aliphatic carbocycles. The van der Waals surface area contributed by atoms with Crippen LogP contribution >= 0.6 is 11.3 Å². The van der Waals surface area contributed by atoms with Gasteiger partial charge in [-0.15, -0.1) is 11.3 Å². The molecule has 0 saturated carbocycles. The maximum absolute atomic E-state index is 14.6. The van der Waals surface area contributed by atoms with Gasteiger partial charge in [-0.2, -0.15) is 0 Å². The number of hydrogen-bond donors (Lipinski definition) is 0. The Bertz CT molecular complexity index is 634. The first kappa shape index (κ1) is 15.7. The van der Waals surface area contributed by atoms with E-state index in [0.29, 0.717) is 5.92 Å². The van der Waals surface area contributed by atoms with E-state index in [2.05, 4.69) is 37.8 Å². The fourth-order valence-electron chi connectivity index (χ4n) is 3.29. The quantitative estimate of drug-likeness (QED) is 0.735. The molecule has 0 atom stereocenters. The number of aryl methyl sites for hydroxylation is 2. The fraction of sp³-hybridized carbons (Fsp3) is 0.474. The van der Waals surface area contributed by atoms with Crippen molar-refractivity contribution in [3.8, 4) is 10.4 Å². The number of hydrogen-bond acceptors (Lipinski definition) is 2. The number of benzene rings is 1. The Balaban J connectivity index is 1.81.